The Morgan fingerprint density at radius 3 is 2.86 bits per heavy atom. The predicted octanol–water partition coefficient (Wildman–Crippen LogP) is 2.98. The fourth-order valence-corrected chi connectivity index (χ4v) is 2.81. The molecule has 5 heteroatoms. The van der Waals surface area contributed by atoms with Gasteiger partial charge < -0.3 is 10.4 Å². The Kier molecular flexibility index (Phi) is 5.40. The number of benzene rings is 1. The number of carbonyl (C=O) groups is 1. The van der Waals surface area contributed by atoms with Gasteiger partial charge in [0.15, 0.2) is 0 Å². The third kappa shape index (κ3) is 4.08. The van der Waals surface area contributed by atoms with Crippen LogP contribution in [-0.2, 0) is 6.54 Å². The zero-order chi connectivity index (χ0) is 15.2. The molecule has 0 aliphatic heterocycles. The van der Waals surface area contributed by atoms with Crippen LogP contribution in [0, 0.1) is 18.8 Å². The predicted molar refractivity (Wildman–Crippen MR) is 85.6 cm³/mol. The first-order valence-electron chi connectivity index (χ1n) is 6.32. The van der Waals surface area contributed by atoms with Crippen LogP contribution in [0.25, 0.3) is 0 Å². The molecule has 0 saturated heterocycles. The van der Waals surface area contributed by atoms with Crippen molar-refractivity contribution in [3.63, 3.8) is 0 Å². The van der Waals surface area contributed by atoms with E-state index in [4.69, 9.17) is 16.7 Å². The van der Waals surface area contributed by atoms with Crippen LogP contribution in [-0.4, -0.2) is 17.6 Å². The van der Waals surface area contributed by atoms with Crippen LogP contribution in [0.5, 0.6) is 0 Å². The van der Waals surface area contributed by atoms with Crippen molar-refractivity contribution in [3.05, 3.63) is 56.2 Å². The van der Waals surface area contributed by atoms with E-state index in [0.717, 1.165) is 4.88 Å². The number of thiophene rings is 1. The molecule has 0 radical (unpaired) electrons. The second kappa shape index (κ2) is 7.28. The van der Waals surface area contributed by atoms with Gasteiger partial charge in [-0.2, -0.15) is 0 Å². The number of aryl methyl sites for hydroxylation is 1. The summed E-state index contributed by atoms with van der Waals surface area (Å²) in [7, 11) is 0. The van der Waals surface area contributed by atoms with Gasteiger partial charge in [0.2, 0.25) is 0 Å². The molecule has 0 unspecified atom stereocenters. The summed E-state index contributed by atoms with van der Waals surface area (Å²) in [5.74, 6) is 5.08. The third-order valence-corrected chi connectivity index (χ3v) is 4.25. The Morgan fingerprint density at radius 2 is 2.24 bits per heavy atom. The molecule has 2 aromatic rings. The number of carbonyl (C=O) groups excluding carboxylic acids is 1. The lowest BCUT2D eigenvalue weighted by Crippen LogP contribution is -2.22. The highest BCUT2D eigenvalue weighted by Gasteiger charge is 2.09. The summed E-state index contributed by atoms with van der Waals surface area (Å²) >= 11 is 7.69. The monoisotopic (exact) mass is 319 g/mol. The summed E-state index contributed by atoms with van der Waals surface area (Å²) in [4.78, 5) is 13.2. The normalized spacial score (nSPS) is 9.86. The van der Waals surface area contributed by atoms with E-state index >= 15 is 0 Å². The van der Waals surface area contributed by atoms with Gasteiger partial charge in [-0.3, -0.25) is 4.79 Å². The minimum absolute atomic E-state index is 0.175. The van der Waals surface area contributed by atoms with Gasteiger partial charge in [0.1, 0.15) is 6.61 Å². The highest BCUT2D eigenvalue weighted by Crippen LogP contribution is 2.18. The Labute approximate surface area is 132 Å². The summed E-state index contributed by atoms with van der Waals surface area (Å²) in [6.07, 6.45) is 0. The smallest absolute Gasteiger partial charge is 0.251 e. The first-order chi connectivity index (χ1) is 10.1. The van der Waals surface area contributed by atoms with Gasteiger partial charge in [0.05, 0.1) is 11.6 Å². The minimum atomic E-state index is -0.223. The van der Waals surface area contributed by atoms with Crippen LogP contribution in [0.3, 0.4) is 0 Å². The van der Waals surface area contributed by atoms with E-state index in [0.29, 0.717) is 22.7 Å². The van der Waals surface area contributed by atoms with Gasteiger partial charge in [0, 0.05) is 16.0 Å². The van der Waals surface area contributed by atoms with Crippen LogP contribution in [0.4, 0.5) is 0 Å². The Morgan fingerprint density at radius 1 is 1.43 bits per heavy atom. The second-order valence-electron chi connectivity index (χ2n) is 4.36. The lowest BCUT2D eigenvalue weighted by atomic mass is 10.1. The highest BCUT2D eigenvalue weighted by atomic mass is 35.5. The van der Waals surface area contributed by atoms with Crippen molar-refractivity contribution >= 4 is 28.8 Å². The second-order valence-corrected chi connectivity index (χ2v) is 5.77. The van der Waals surface area contributed by atoms with E-state index in [1.807, 2.05) is 18.4 Å². The molecule has 1 amide bonds. The largest absolute Gasteiger partial charge is 0.384 e. The van der Waals surface area contributed by atoms with Crippen molar-refractivity contribution in [2.75, 3.05) is 6.61 Å². The lowest BCUT2D eigenvalue weighted by molar-refractivity contribution is 0.0951. The average Bonchev–Trinajstić information content (AvgIpc) is 2.88. The first-order valence-corrected chi connectivity index (χ1v) is 7.58. The number of halogens is 1. The van der Waals surface area contributed by atoms with E-state index in [2.05, 4.69) is 17.2 Å². The molecule has 108 valence electrons. The van der Waals surface area contributed by atoms with Crippen LogP contribution in [0.1, 0.15) is 26.4 Å². The Hall–Kier alpha value is -1.80. The van der Waals surface area contributed by atoms with E-state index < -0.39 is 0 Å². The van der Waals surface area contributed by atoms with Gasteiger partial charge in [-0.1, -0.05) is 23.4 Å². The van der Waals surface area contributed by atoms with Gasteiger partial charge in [0.25, 0.3) is 5.91 Å². The maximum atomic E-state index is 12.1. The fraction of sp³-hybridized carbons (Fsp3) is 0.188. The van der Waals surface area contributed by atoms with Crippen LogP contribution in [0.15, 0.2) is 29.6 Å². The van der Waals surface area contributed by atoms with Crippen LogP contribution in [0.2, 0.25) is 5.02 Å². The van der Waals surface area contributed by atoms with Gasteiger partial charge >= 0.3 is 0 Å². The van der Waals surface area contributed by atoms with Crippen molar-refractivity contribution in [1.29, 1.82) is 0 Å². The number of hydrogen-bond acceptors (Lipinski definition) is 3. The molecule has 2 N–H and O–H groups in total. The Balaban J connectivity index is 2.06. The molecule has 0 fully saturated rings. The molecule has 21 heavy (non-hydrogen) atoms. The fourth-order valence-electron chi connectivity index (χ4n) is 1.74. The zero-order valence-corrected chi connectivity index (χ0v) is 13.0. The quantitative estimate of drug-likeness (QED) is 0.855. The highest BCUT2D eigenvalue weighted by molar-refractivity contribution is 7.10. The van der Waals surface area contributed by atoms with Gasteiger partial charge in [-0.15, -0.1) is 11.3 Å². The molecule has 2 rings (SSSR count). The molecule has 3 nitrogen and oxygen atoms in total. The maximum absolute atomic E-state index is 12.1. The van der Waals surface area contributed by atoms with Crippen molar-refractivity contribution in [1.82, 2.24) is 5.32 Å². The van der Waals surface area contributed by atoms with Crippen LogP contribution >= 0.6 is 22.9 Å². The minimum Gasteiger partial charge on any atom is -0.384 e. The topological polar surface area (TPSA) is 49.3 Å². The number of nitrogens with one attached hydrogen (secondary N) is 1. The molecule has 1 aromatic heterocycles. The summed E-state index contributed by atoms with van der Waals surface area (Å²) < 4.78 is 0. The average molecular weight is 320 g/mol. The molecule has 0 atom stereocenters. The maximum Gasteiger partial charge on any atom is 0.251 e. The summed E-state index contributed by atoms with van der Waals surface area (Å²) in [6, 6.07) is 6.96. The molecule has 0 aliphatic rings. The number of amides is 1. The van der Waals surface area contributed by atoms with E-state index in [1.54, 1.807) is 29.5 Å². The molecule has 1 aromatic carbocycles. The van der Waals surface area contributed by atoms with Crippen molar-refractivity contribution < 1.29 is 9.90 Å². The third-order valence-electron chi connectivity index (χ3n) is 2.91. The first kappa shape index (κ1) is 15.6. The Bertz CT molecular complexity index is 713. The van der Waals surface area contributed by atoms with Crippen molar-refractivity contribution in [3.8, 4) is 11.8 Å². The summed E-state index contributed by atoms with van der Waals surface area (Å²) in [5, 5.41) is 13.9. The summed E-state index contributed by atoms with van der Waals surface area (Å²) in [5.41, 5.74) is 2.26. The molecular weight excluding hydrogens is 306 g/mol. The van der Waals surface area contributed by atoms with Gasteiger partial charge in [-0.05, 0) is 42.1 Å². The summed E-state index contributed by atoms with van der Waals surface area (Å²) in [6.45, 7) is 2.30. The van der Waals surface area contributed by atoms with E-state index in [-0.39, 0.29) is 12.5 Å². The lowest BCUT2D eigenvalue weighted by Gasteiger charge is -2.06. The standard InChI is InChI=1S/C16H14ClNO2S/c1-11-6-8-21-15(11)10-18-16(20)13-5-4-12(3-2-7-19)14(17)9-13/h4-6,8-9,19H,7,10H2,1H3,(H,18,20). The molecule has 0 aliphatic carbocycles. The van der Waals surface area contributed by atoms with Gasteiger partial charge in [-0.25, -0.2) is 0 Å². The van der Waals surface area contributed by atoms with Crippen LogP contribution < -0.4 is 5.32 Å². The van der Waals surface area contributed by atoms with Crippen molar-refractivity contribution in [2.24, 2.45) is 0 Å². The molecular formula is C16H14ClNO2S. The number of hydrogen-bond donors (Lipinski definition) is 2. The van der Waals surface area contributed by atoms with Crippen molar-refractivity contribution in [2.45, 2.75) is 13.5 Å². The number of aliphatic hydroxyl groups is 1. The van der Waals surface area contributed by atoms with E-state index in [1.165, 1.54) is 5.56 Å². The van der Waals surface area contributed by atoms with E-state index in [9.17, 15) is 4.79 Å². The number of aliphatic hydroxyl groups excluding tert-OH is 1. The SMILES string of the molecule is Cc1ccsc1CNC(=O)c1ccc(C#CCO)c(Cl)c1. The molecule has 0 saturated carbocycles. The molecule has 0 bridgehead atoms. The zero-order valence-electron chi connectivity index (χ0n) is 11.4. The molecule has 1 heterocycles. The number of rotatable bonds is 3. The molecule has 0 spiro atoms.